The van der Waals surface area contributed by atoms with Crippen LogP contribution in [0.1, 0.15) is 31.2 Å². The Kier molecular flexibility index (Phi) is 5.77. The van der Waals surface area contributed by atoms with E-state index in [1.54, 1.807) is 0 Å². The SMILES string of the molecule is N#Cc1ccc(S(=O)(=O)N2CCC(C(=O)NCC(=O)NC3CC3)CC2)cc1. The van der Waals surface area contributed by atoms with E-state index >= 15 is 0 Å². The molecular formula is C18H22N4O4S. The quantitative estimate of drug-likeness (QED) is 0.727. The first-order valence-corrected chi connectivity index (χ1v) is 10.4. The molecule has 1 aliphatic carbocycles. The van der Waals surface area contributed by atoms with E-state index in [-0.39, 0.29) is 48.3 Å². The van der Waals surface area contributed by atoms with Crippen molar-refractivity contribution in [3.8, 4) is 6.07 Å². The molecule has 8 nitrogen and oxygen atoms in total. The van der Waals surface area contributed by atoms with E-state index in [2.05, 4.69) is 10.6 Å². The average molecular weight is 390 g/mol. The molecule has 2 N–H and O–H groups in total. The van der Waals surface area contributed by atoms with Crippen LogP contribution in [0.3, 0.4) is 0 Å². The molecule has 1 aliphatic heterocycles. The molecule has 27 heavy (non-hydrogen) atoms. The largest absolute Gasteiger partial charge is 0.352 e. The van der Waals surface area contributed by atoms with Gasteiger partial charge in [0.25, 0.3) is 0 Å². The molecule has 3 rings (SSSR count). The van der Waals surface area contributed by atoms with E-state index in [4.69, 9.17) is 5.26 Å². The monoisotopic (exact) mass is 390 g/mol. The van der Waals surface area contributed by atoms with Crippen LogP contribution in [-0.4, -0.2) is 50.2 Å². The highest BCUT2D eigenvalue weighted by Gasteiger charge is 2.32. The molecule has 1 heterocycles. The lowest BCUT2D eigenvalue weighted by Crippen LogP contribution is -2.45. The number of nitriles is 1. The Morgan fingerprint density at radius 2 is 1.74 bits per heavy atom. The minimum atomic E-state index is -3.64. The van der Waals surface area contributed by atoms with E-state index < -0.39 is 10.0 Å². The molecule has 144 valence electrons. The standard InChI is InChI=1S/C18H22N4O4S/c19-11-13-1-5-16(6-2-13)27(25,26)22-9-7-14(8-10-22)18(24)20-12-17(23)21-15-3-4-15/h1-2,5-6,14-15H,3-4,7-10,12H2,(H,20,24)(H,21,23). The van der Waals surface area contributed by atoms with E-state index in [9.17, 15) is 18.0 Å². The fourth-order valence-electron chi connectivity index (χ4n) is 3.03. The number of hydrogen-bond acceptors (Lipinski definition) is 5. The summed E-state index contributed by atoms with van der Waals surface area (Å²) in [5, 5.41) is 14.3. The minimum Gasteiger partial charge on any atom is -0.352 e. The van der Waals surface area contributed by atoms with Crippen LogP contribution < -0.4 is 10.6 Å². The highest BCUT2D eigenvalue weighted by atomic mass is 32.2. The van der Waals surface area contributed by atoms with Gasteiger partial charge in [0.2, 0.25) is 21.8 Å². The summed E-state index contributed by atoms with van der Waals surface area (Å²) >= 11 is 0. The summed E-state index contributed by atoms with van der Waals surface area (Å²) in [5.41, 5.74) is 0.398. The average Bonchev–Trinajstić information content (AvgIpc) is 3.50. The summed E-state index contributed by atoms with van der Waals surface area (Å²) < 4.78 is 26.7. The minimum absolute atomic E-state index is 0.0426. The molecule has 1 aromatic rings. The second-order valence-corrected chi connectivity index (χ2v) is 8.81. The van der Waals surface area contributed by atoms with Crippen molar-refractivity contribution < 1.29 is 18.0 Å². The Bertz CT molecular complexity index is 848. The van der Waals surface area contributed by atoms with Crippen molar-refractivity contribution in [3.05, 3.63) is 29.8 Å². The van der Waals surface area contributed by atoms with Crippen LogP contribution in [0.25, 0.3) is 0 Å². The summed E-state index contributed by atoms with van der Waals surface area (Å²) in [6.45, 7) is 0.447. The van der Waals surface area contributed by atoms with Gasteiger partial charge < -0.3 is 10.6 Å². The van der Waals surface area contributed by atoms with Gasteiger partial charge in [0.1, 0.15) is 0 Å². The predicted octanol–water partition coefficient (Wildman–Crippen LogP) is 0.354. The summed E-state index contributed by atoms with van der Waals surface area (Å²) in [7, 11) is -3.64. The third-order valence-electron chi connectivity index (χ3n) is 4.81. The summed E-state index contributed by atoms with van der Waals surface area (Å²) in [5.74, 6) is -0.700. The van der Waals surface area contributed by atoms with Gasteiger partial charge in [-0.25, -0.2) is 8.42 Å². The Morgan fingerprint density at radius 1 is 1.11 bits per heavy atom. The number of sulfonamides is 1. The van der Waals surface area contributed by atoms with Crippen LogP contribution in [0.4, 0.5) is 0 Å². The second kappa shape index (κ2) is 8.06. The number of piperidine rings is 1. The van der Waals surface area contributed by atoms with Crippen molar-refractivity contribution in [2.75, 3.05) is 19.6 Å². The summed E-state index contributed by atoms with van der Waals surface area (Å²) in [6, 6.07) is 8.00. The topological polar surface area (TPSA) is 119 Å². The normalized spacial score (nSPS) is 18.5. The third kappa shape index (κ3) is 4.84. The van der Waals surface area contributed by atoms with Crippen LogP contribution in [-0.2, 0) is 19.6 Å². The zero-order chi connectivity index (χ0) is 19.4. The van der Waals surface area contributed by atoms with Crippen molar-refractivity contribution in [1.29, 1.82) is 5.26 Å². The van der Waals surface area contributed by atoms with Crippen molar-refractivity contribution in [1.82, 2.24) is 14.9 Å². The Morgan fingerprint density at radius 3 is 2.30 bits per heavy atom. The molecule has 2 aliphatic rings. The van der Waals surface area contributed by atoms with Gasteiger partial charge in [0.05, 0.1) is 23.1 Å². The molecular weight excluding hydrogens is 368 g/mol. The number of benzene rings is 1. The van der Waals surface area contributed by atoms with E-state index in [1.807, 2.05) is 6.07 Å². The van der Waals surface area contributed by atoms with Gasteiger partial charge in [0, 0.05) is 25.0 Å². The molecule has 0 bridgehead atoms. The van der Waals surface area contributed by atoms with Gasteiger partial charge in [-0.15, -0.1) is 0 Å². The summed E-state index contributed by atoms with van der Waals surface area (Å²) in [6.07, 6.45) is 2.80. The van der Waals surface area contributed by atoms with Crippen LogP contribution in [0.2, 0.25) is 0 Å². The highest BCUT2D eigenvalue weighted by molar-refractivity contribution is 7.89. The zero-order valence-corrected chi connectivity index (χ0v) is 15.7. The van der Waals surface area contributed by atoms with Crippen LogP contribution in [0.15, 0.2) is 29.2 Å². The molecule has 1 saturated carbocycles. The number of nitrogens with zero attached hydrogens (tertiary/aromatic N) is 2. The maximum absolute atomic E-state index is 12.7. The molecule has 2 amide bonds. The fourth-order valence-corrected chi connectivity index (χ4v) is 4.50. The van der Waals surface area contributed by atoms with Crippen molar-refractivity contribution in [3.63, 3.8) is 0 Å². The Labute approximate surface area is 158 Å². The van der Waals surface area contributed by atoms with E-state index in [1.165, 1.54) is 28.6 Å². The van der Waals surface area contributed by atoms with Gasteiger partial charge in [-0.05, 0) is 49.9 Å². The lowest BCUT2D eigenvalue weighted by Gasteiger charge is -2.30. The first-order valence-electron chi connectivity index (χ1n) is 8.97. The Hall–Kier alpha value is -2.44. The number of rotatable bonds is 6. The lowest BCUT2D eigenvalue weighted by molar-refractivity contribution is -0.129. The van der Waals surface area contributed by atoms with Gasteiger partial charge in [0.15, 0.2) is 0 Å². The number of nitrogens with one attached hydrogen (secondary N) is 2. The number of carbonyl (C=O) groups is 2. The molecule has 2 fully saturated rings. The molecule has 0 atom stereocenters. The zero-order valence-electron chi connectivity index (χ0n) is 14.8. The molecule has 0 spiro atoms. The predicted molar refractivity (Wildman–Crippen MR) is 96.8 cm³/mol. The number of amides is 2. The maximum Gasteiger partial charge on any atom is 0.243 e. The first-order chi connectivity index (χ1) is 12.9. The molecule has 0 radical (unpaired) electrons. The first kappa shape index (κ1) is 19.3. The van der Waals surface area contributed by atoms with E-state index in [0.717, 1.165) is 12.8 Å². The van der Waals surface area contributed by atoms with Crippen LogP contribution >= 0.6 is 0 Å². The lowest BCUT2D eigenvalue weighted by atomic mass is 9.97. The van der Waals surface area contributed by atoms with Gasteiger partial charge in [-0.3, -0.25) is 9.59 Å². The number of hydrogen-bond donors (Lipinski definition) is 2. The molecule has 0 aromatic heterocycles. The van der Waals surface area contributed by atoms with Crippen molar-refractivity contribution in [2.45, 2.75) is 36.6 Å². The number of carbonyl (C=O) groups excluding carboxylic acids is 2. The highest BCUT2D eigenvalue weighted by Crippen LogP contribution is 2.24. The Balaban J connectivity index is 1.50. The molecule has 9 heteroatoms. The molecule has 1 saturated heterocycles. The third-order valence-corrected chi connectivity index (χ3v) is 6.72. The molecule has 1 aromatic carbocycles. The van der Waals surface area contributed by atoms with Gasteiger partial charge >= 0.3 is 0 Å². The maximum atomic E-state index is 12.7. The van der Waals surface area contributed by atoms with E-state index in [0.29, 0.717) is 18.4 Å². The second-order valence-electron chi connectivity index (χ2n) is 6.87. The van der Waals surface area contributed by atoms with Crippen LogP contribution in [0, 0.1) is 17.2 Å². The van der Waals surface area contributed by atoms with Crippen molar-refractivity contribution >= 4 is 21.8 Å². The fraction of sp³-hybridized carbons (Fsp3) is 0.500. The van der Waals surface area contributed by atoms with Crippen LogP contribution in [0.5, 0.6) is 0 Å². The van der Waals surface area contributed by atoms with Gasteiger partial charge in [-0.1, -0.05) is 0 Å². The van der Waals surface area contributed by atoms with Crippen molar-refractivity contribution in [2.24, 2.45) is 5.92 Å². The molecule has 0 unspecified atom stereocenters. The van der Waals surface area contributed by atoms with Gasteiger partial charge in [-0.2, -0.15) is 9.57 Å². The smallest absolute Gasteiger partial charge is 0.243 e. The summed E-state index contributed by atoms with van der Waals surface area (Å²) in [4.78, 5) is 24.0.